The van der Waals surface area contributed by atoms with E-state index in [2.05, 4.69) is 31.0 Å². The lowest BCUT2D eigenvalue weighted by Gasteiger charge is -2.46. The number of piperazine rings is 1. The molecule has 3 aliphatic rings. The van der Waals surface area contributed by atoms with Crippen molar-refractivity contribution in [3.8, 4) is 16.9 Å². The first-order chi connectivity index (χ1) is 27.6. The number of likely N-dealkylation sites (tertiary alicyclic amines) is 1. The Morgan fingerprint density at radius 3 is 2.34 bits per heavy atom. The Hall–Kier alpha value is -5.53. The second kappa shape index (κ2) is 16.4. The van der Waals surface area contributed by atoms with Crippen LogP contribution in [-0.2, 0) is 22.8 Å². The van der Waals surface area contributed by atoms with Crippen molar-refractivity contribution in [3.05, 3.63) is 71.0 Å². The summed E-state index contributed by atoms with van der Waals surface area (Å²) >= 11 is 6.55. The lowest BCUT2D eigenvalue weighted by molar-refractivity contribution is -0.929. The molecule has 7 rings (SSSR count). The van der Waals surface area contributed by atoms with E-state index in [0.717, 1.165) is 30.5 Å². The van der Waals surface area contributed by atoms with E-state index in [4.69, 9.17) is 11.6 Å². The number of imidazole rings is 1. The highest BCUT2D eigenvalue weighted by Crippen LogP contribution is 2.37. The Kier molecular flexibility index (Phi) is 11.5. The first kappa shape index (κ1) is 40.7. The molecule has 58 heavy (non-hydrogen) atoms. The number of pyridine rings is 1. The maximum atomic E-state index is 14.2. The molecule has 0 aliphatic carbocycles. The first-order valence-corrected chi connectivity index (χ1v) is 19.3. The summed E-state index contributed by atoms with van der Waals surface area (Å²) in [7, 11) is 3.04. The molecule has 16 nitrogen and oxygen atoms in total. The molecule has 3 aromatic heterocycles. The highest BCUT2D eigenvalue weighted by molar-refractivity contribution is 6.34. The van der Waals surface area contributed by atoms with Crippen LogP contribution in [-0.4, -0.2) is 140 Å². The van der Waals surface area contributed by atoms with Gasteiger partial charge in [-0.05, 0) is 24.3 Å². The molecule has 4 aromatic rings. The van der Waals surface area contributed by atoms with Gasteiger partial charge in [-0.25, -0.2) is 19.4 Å². The summed E-state index contributed by atoms with van der Waals surface area (Å²) in [6, 6.07) is 7.43. The zero-order valence-electron chi connectivity index (χ0n) is 31.9. The molecule has 3 aliphatic heterocycles. The molecule has 6 heterocycles. The number of alkyl halides is 3. The van der Waals surface area contributed by atoms with Gasteiger partial charge in [0.1, 0.15) is 5.82 Å². The molecule has 4 N–H and O–H groups in total. The summed E-state index contributed by atoms with van der Waals surface area (Å²) in [5.74, 6) is -1.32. The fourth-order valence-electron chi connectivity index (χ4n) is 8.06. The Balaban J connectivity index is 0.959. The molecular formula is C38H44ClF3N11O5+. The molecule has 20 heteroatoms. The number of halogens is 4. The van der Waals surface area contributed by atoms with Crippen LogP contribution in [0.3, 0.4) is 0 Å². The predicted octanol–water partition coefficient (Wildman–Crippen LogP) is 3.45. The third-order valence-corrected chi connectivity index (χ3v) is 11.6. The number of hydrogen-bond acceptors (Lipinski definition) is 9. The second-order valence-corrected chi connectivity index (χ2v) is 15.5. The van der Waals surface area contributed by atoms with Crippen molar-refractivity contribution in [2.24, 2.45) is 18.9 Å². The molecule has 0 spiro atoms. The maximum Gasteiger partial charge on any atom is 0.435 e. The van der Waals surface area contributed by atoms with E-state index in [-0.39, 0.29) is 57.6 Å². The number of carbonyl (C=O) groups excluding carboxylic acids is 3. The van der Waals surface area contributed by atoms with Gasteiger partial charge in [0.05, 0.1) is 53.4 Å². The minimum Gasteiger partial charge on any atom is -0.477 e. The van der Waals surface area contributed by atoms with Crippen LogP contribution < -0.4 is 16.0 Å². The van der Waals surface area contributed by atoms with E-state index in [1.807, 2.05) is 0 Å². The lowest BCUT2D eigenvalue weighted by Crippen LogP contribution is -2.62. The van der Waals surface area contributed by atoms with Crippen molar-refractivity contribution in [1.82, 2.24) is 39.4 Å². The molecule has 0 atom stereocenters. The van der Waals surface area contributed by atoms with Crippen LogP contribution in [0.25, 0.3) is 16.9 Å². The van der Waals surface area contributed by atoms with E-state index < -0.39 is 23.7 Å². The van der Waals surface area contributed by atoms with Crippen LogP contribution in [0.2, 0.25) is 5.02 Å². The number of hydrogen-bond donors (Lipinski definition) is 4. The van der Waals surface area contributed by atoms with Crippen molar-refractivity contribution in [2.75, 3.05) is 83.1 Å². The van der Waals surface area contributed by atoms with E-state index in [0.29, 0.717) is 74.0 Å². The van der Waals surface area contributed by atoms with Gasteiger partial charge >= 0.3 is 12.1 Å². The monoisotopic (exact) mass is 826 g/mol. The Bertz CT molecular complexity index is 2210. The number of nitrogens with one attached hydrogen (secondary N) is 3. The number of rotatable bonds is 11. The van der Waals surface area contributed by atoms with Crippen LogP contribution in [0.1, 0.15) is 39.5 Å². The van der Waals surface area contributed by atoms with E-state index >= 15 is 0 Å². The smallest absolute Gasteiger partial charge is 0.435 e. The summed E-state index contributed by atoms with van der Waals surface area (Å²) in [4.78, 5) is 63.6. The van der Waals surface area contributed by atoms with Gasteiger partial charge in [0.15, 0.2) is 18.1 Å². The SMILES string of the molecule is CNc1cc(-n2cc(-c3cnc(C(=O)Nc4ccc(C(=O)N5CCN(C(=O)C6CC[N+](CC(=O)O)(CC7CNC7)CC6)CC5)c(Cl)c4)n3C)c(C(F)(F)F)n2)ccn1. The minimum absolute atomic E-state index is 0.000301. The van der Waals surface area contributed by atoms with Gasteiger partial charge in [0, 0.05) is 102 Å². The van der Waals surface area contributed by atoms with Crippen LogP contribution >= 0.6 is 11.6 Å². The number of anilines is 2. The molecule has 3 amide bonds. The summed E-state index contributed by atoms with van der Waals surface area (Å²) in [6.45, 7) is 5.27. The van der Waals surface area contributed by atoms with Gasteiger partial charge in [-0.3, -0.25) is 14.4 Å². The van der Waals surface area contributed by atoms with Gasteiger partial charge < -0.3 is 39.9 Å². The van der Waals surface area contributed by atoms with Gasteiger partial charge in [0.2, 0.25) is 5.91 Å². The third-order valence-electron chi connectivity index (χ3n) is 11.3. The molecule has 308 valence electrons. The predicted molar refractivity (Wildman–Crippen MR) is 206 cm³/mol. The van der Waals surface area contributed by atoms with E-state index in [1.165, 1.54) is 54.3 Å². The minimum atomic E-state index is -4.81. The number of carbonyl (C=O) groups is 4. The number of benzene rings is 1. The summed E-state index contributed by atoms with van der Waals surface area (Å²) in [6.07, 6.45) is 0.251. The average molecular weight is 827 g/mol. The number of aliphatic carboxylic acids is 1. The first-order valence-electron chi connectivity index (χ1n) is 18.9. The van der Waals surface area contributed by atoms with E-state index in [1.54, 1.807) is 16.8 Å². The Morgan fingerprint density at radius 1 is 1.02 bits per heavy atom. The van der Waals surface area contributed by atoms with Crippen molar-refractivity contribution in [1.29, 1.82) is 0 Å². The van der Waals surface area contributed by atoms with Crippen molar-refractivity contribution in [2.45, 2.75) is 19.0 Å². The molecule has 0 unspecified atom stereocenters. The van der Waals surface area contributed by atoms with Crippen molar-refractivity contribution in [3.63, 3.8) is 0 Å². The molecule has 0 bridgehead atoms. The molecule has 0 saturated carbocycles. The number of nitrogens with zero attached hydrogens (tertiary/aromatic N) is 8. The number of piperidine rings is 1. The number of amides is 3. The van der Waals surface area contributed by atoms with Gasteiger partial charge in [0.25, 0.3) is 11.8 Å². The fraction of sp³-hybridized carbons (Fsp3) is 0.447. The maximum absolute atomic E-state index is 14.2. The molecule has 1 aromatic carbocycles. The number of carboxylic acid groups (broad SMARTS) is 1. The fourth-order valence-corrected chi connectivity index (χ4v) is 8.33. The molecule has 3 saturated heterocycles. The highest BCUT2D eigenvalue weighted by atomic mass is 35.5. The number of carboxylic acids is 1. The van der Waals surface area contributed by atoms with Gasteiger partial charge in [-0.1, -0.05) is 11.6 Å². The van der Waals surface area contributed by atoms with Gasteiger partial charge in [-0.15, -0.1) is 0 Å². The average Bonchev–Trinajstić information content (AvgIpc) is 3.80. The summed E-state index contributed by atoms with van der Waals surface area (Å²) in [5.41, 5.74) is -0.677. The van der Waals surface area contributed by atoms with Gasteiger partial charge in [-0.2, -0.15) is 18.3 Å². The lowest BCUT2D eigenvalue weighted by atomic mass is 9.90. The Morgan fingerprint density at radius 2 is 1.72 bits per heavy atom. The van der Waals surface area contributed by atoms with Crippen LogP contribution in [0, 0.1) is 11.8 Å². The number of quaternary nitrogens is 1. The Labute approximate surface area is 336 Å². The highest BCUT2D eigenvalue weighted by Gasteiger charge is 2.42. The topological polar surface area (TPSA) is 180 Å². The summed E-state index contributed by atoms with van der Waals surface area (Å²) in [5, 5.41) is 22.2. The standard InChI is InChI=1S/C38H43ClF3N11O5/c1-43-31-16-26(5-8-45-31)52-20-28(33(48-52)38(40,41)42)30-19-46-34(49(30)2)35(56)47-25-3-4-27(29(39)15-25)37(58)51-11-9-50(10-12-51)36(57)24-6-13-53(14-7-24,22-32(54)55)21-23-17-44-18-23/h3-5,8,15-16,19-20,23-24,44H,6-7,9-14,17-18,21-22H2,1-2H3,(H2-,43,45,47,54,55,56,58)/p+1. The number of aromatic nitrogens is 5. The third kappa shape index (κ3) is 8.51. The second-order valence-electron chi connectivity index (χ2n) is 15.1. The molecular weight excluding hydrogens is 783 g/mol. The largest absolute Gasteiger partial charge is 0.477 e. The van der Waals surface area contributed by atoms with Crippen LogP contribution in [0.5, 0.6) is 0 Å². The molecule has 0 radical (unpaired) electrons. The zero-order valence-corrected chi connectivity index (χ0v) is 32.7. The van der Waals surface area contributed by atoms with E-state index in [9.17, 15) is 37.5 Å². The van der Waals surface area contributed by atoms with Crippen LogP contribution in [0.4, 0.5) is 24.7 Å². The van der Waals surface area contributed by atoms with Crippen molar-refractivity contribution < 1.29 is 41.9 Å². The normalized spacial score (nSPS) is 20.1. The summed E-state index contributed by atoms with van der Waals surface area (Å²) < 4.78 is 45.3. The molecule has 3 fully saturated rings. The van der Waals surface area contributed by atoms with Crippen molar-refractivity contribution >= 4 is 46.8 Å². The van der Waals surface area contributed by atoms with Crippen LogP contribution in [0.15, 0.2) is 48.9 Å². The quantitative estimate of drug-likeness (QED) is 0.164. The zero-order chi connectivity index (χ0) is 41.4.